The van der Waals surface area contributed by atoms with Gasteiger partial charge in [-0.3, -0.25) is 14.7 Å². The van der Waals surface area contributed by atoms with Crippen LogP contribution in [0.4, 0.5) is 10.1 Å². The molecule has 1 atom stereocenters. The molecule has 0 radical (unpaired) electrons. The van der Waals surface area contributed by atoms with Crippen LogP contribution in [0, 0.1) is 5.82 Å². The molecule has 0 aliphatic heterocycles. The minimum atomic E-state index is -3.89. The zero-order chi connectivity index (χ0) is 17.9. The van der Waals surface area contributed by atoms with Gasteiger partial charge in [-0.1, -0.05) is 12.1 Å². The molecule has 0 saturated heterocycles. The number of benzene rings is 2. The number of halogens is 1. The number of nitrogens with zero attached hydrogens (tertiary/aromatic N) is 1. The summed E-state index contributed by atoms with van der Waals surface area (Å²) in [4.78, 5) is 11.2. The summed E-state index contributed by atoms with van der Waals surface area (Å²) in [5, 5.41) is 10.2. The molecule has 0 heterocycles. The number of hydroxylamine groups is 2. The Morgan fingerprint density at radius 3 is 2.42 bits per heavy atom. The number of rotatable bonds is 5. The molecule has 2 aromatic rings. The molecule has 0 aliphatic carbocycles. The van der Waals surface area contributed by atoms with Crippen molar-refractivity contribution < 1.29 is 22.8 Å². The molecule has 0 bridgehead atoms. The molecule has 6 nitrogen and oxygen atoms in total. The topological polar surface area (TPSA) is 86.7 Å². The number of carbonyl (C=O) groups is 1. The number of anilines is 1. The zero-order valence-electron chi connectivity index (χ0n) is 13.1. The van der Waals surface area contributed by atoms with Crippen LogP contribution in [0.15, 0.2) is 53.4 Å². The van der Waals surface area contributed by atoms with Crippen LogP contribution < -0.4 is 4.72 Å². The standard InChI is InChI=1S/C16H17FN2O4S/c1-11(19(21)12(2)20)13-4-3-5-16(10-13)24(22,23)18-15-8-6-14(17)7-9-15/h3-11,18,21H,1-2H3. The van der Waals surface area contributed by atoms with Gasteiger partial charge in [0.25, 0.3) is 10.0 Å². The summed E-state index contributed by atoms with van der Waals surface area (Å²) in [6.07, 6.45) is 0. The minimum Gasteiger partial charge on any atom is -0.285 e. The highest BCUT2D eigenvalue weighted by Crippen LogP contribution is 2.23. The molecule has 0 saturated carbocycles. The second-order valence-corrected chi connectivity index (χ2v) is 6.91. The number of carbonyl (C=O) groups excluding carboxylic acids is 1. The maximum Gasteiger partial charge on any atom is 0.261 e. The Morgan fingerprint density at radius 2 is 1.83 bits per heavy atom. The van der Waals surface area contributed by atoms with E-state index >= 15 is 0 Å². The van der Waals surface area contributed by atoms with Crippen LogP contribution in [0.2, 0.25) is 0 Å². The predicted octanol–water partition coefficient (Wildman–Crippen LogP) is 2.93. The van der Waals surface area contributed by atoms with Gasteiger partial charge in [-0.2, -0.15) is 0 Å². The van der Waals surface area contributed by atoms with E-state index in [0.29, 0.717) is 10.6 Å². The minimum absolute atomic E-state index is 0.0341. The quantitative estimate of drug-likeness (QED) is 0.640. The highest BCUT2D eigenvalue weighted by atomic mass is 32.2. The predicted molar refractivity (Wildman–Crippen MR) is 86.4 cm³/mol. The van der Waals surface area contributed by atoms with Crippen molar-refractivity contribution in [1.29, 1.82) is 0 Å². The first-order valence-corrected chi connectivity index (χ1v) is 8.56. The van der Waals surface area contributed by atoms with E-state index in [1.807, 2.05) is 0 Å². The largest absolute Gasteiger partial charge is 0.285 e. The van der Waals surface area contributed by atoms with Crippen molar-refractivity contribution in [3.63, 3.8) is 0 Å². The monoisotopic (exact) mass is 352 g/mol. The van der Waals surface area contributed by atoms with Crippen molar-refractivity contribution in [2.24, 2.45) is 0 Å². The average Bonchev–Trinajstić information content (AvgIpc) is 2.55. The summed E-state index contributed by atoms with van der Waals surface area (Å²) < 4.78 is 40.1. The van der Waals surface area contributed by atoms with Crippen LogP contribution in [-0.4, -0.2) is 24.6 Å². The molecule has 2 aromatic carbocycles. The van der Waals surface area contributed by atoms with Gasteiger partial charge in [0, 0.05) is 12.6 Å². The lowest BCUT2D eigenvalue weighted by Gasteiger charge is -2.22. The summed E-state index contributed by atoms with van der Waals surface area (Å²) in [6.45, 7) is 2.77. The van der Waals surface area contributed by atoms with E-state index in [2.05, 4.69) is 4.72 Å². The van der Waals surface area contributed by atoms with Crippen molar-refractivity contribution in [3.05, 3.63) is 59.9 Å². The molecule has 1 unspecified atom stereocenters. The first-order chi connectivity index (χ1) is 11.2. The SMILES string of the molecule is CC(=O)N(O)C(C)c1cccc(S(=O)(=O)Nc2ccc(F)cc2)c1. The van der Waals surface area contributed by atoms with Crippen molar-refractivity contribution in [2.75, 3.05) is 4.72 Å². The Labute approximate surface area is 139 Å². The second kappa shape index (κ2) is 6.98. The molecule has 8 heteroatoms. The molecule has 2 rings (SSSR count). The van der Waals surface area contributed by atoms with E-state index in [4.69, 9.17) is 0 Å². The number of hydrogen-bond acceptors (Lipinski definition) is 4. The third-order valence-electron chi connectivity index (χ3n) is 3.44. The average molecular weight is 352 g/mol. The van der Waals surface area contributed by atoms with Crippen LogP contribution in [0.3, 0.4) is 0 Å². The molecule has 24 heavy (non-hydrogen) atoms. The number of amides is 1. The smallest absolute Gasteiger partial charge is 0.261 e. The summed E-state index contributed by atoms with van der Waals surface area (Å²) >= 11 is 0. The van der Waals surface area contributed by atoms with E-state index in [1.54, 1.807) is 13.0 Å². The van der Waals surface area contributed by atoms with Crippen LogP contribution in [0.25, 0.3) is 0 Å². The number of sulfonamides is 1. The van der Waals surface area contributed by atoms with Crippen molar-refractivity contribution >= 4 is 21.6 Å². The summed E-state index contributed by atoms with van der Waals surface area (Å²) in [6, 6.07) is 10.1. The van der Waals surface area contributed by atoms with Crippen LogP contribution in [-0.2, 0) is 14.8 Å². The van der Waals surface area contributed by atoms with Gasteiger partial charge in [-0.25, -0.2) is 17.9 Å². The molecule has 2 N–H and O–H groups in total. The van der Waals surface area contributed by atoms with E-state index in [-0.39, 0.29) is 10.6 Å². The van der Waals surface area contributed by atoms with Crippen LogP contribution in [0.5, 0.6) is 0 Å². The van der Waals surface area contributed by atoms with Gasteiger partial charge >= 0.3 is 0 Å². The lowest BCUT2D eigenvalue weighted by atomic mass is 10.1. The summed E-state index contributed by atoms with van der Waals surface area (Å²) in [7, 11) is -3.89. The number of nitrogens with one attached hydrogen (secondary N) is 1. The normalized spacial score (nSPS) is 12.5. The molecule has 1 amide bonds. The fraction of sp³-hybridized carbons (Fsp3) is 0.188. The van der Waals surface area contributed by atoms with Crippen molar-refractivity contribution in [2.45, 2.75) is 24.8 Å². The van der Waals surface area contributed by atoms with E-state index in [9.17, 15) is 22.8 Å². The Kier molecular flexibility index (Phi) is 5.20. The fourth-order valence-corrected chi connectivity index (χ4v) is 3.20. The van der Waals surface area contributed by atoms with Gasteiger partial charge in [0.1, 0.15) is 5.82 Å². The molecule has 0 aliphatic rings. The van der Waals surface area contributed by atoms with Gasteiger partial charge in [0.2, 0.25) is 5.91 Å². The Hall–Kier alpha value is -2.45. The zero-order valence-corrected chi connectivity index (χ0v) is 13.9. The summed E-state index contributed by atoms with van der Waals surface area (Å²) in [5.41, 5.74) is 0.678. The van der Waals surface area contributed by atoms with Crippen LogP contribution >= 0.6 is 0 Å². The second-order valence-electron chi connectivity index (χ2n) is 5.22. The Bertz CT molecular complexity index is 837. The van der Waals surface area contributed by atoms with Gasteiger partial charge in [-0.15, -0.1) is 0 Å². The van der Waals surface area contributed by atoms with Crippen LogP contribution in [0.1, 0.15) is 25.5 Å². The highest BCUT2D eigenvalue weighted by Gasteiger charge is 2.20. The van der Waals surface area contributed by atoms with Gasteiger partial charge < -0.3 is 0 Å². The van der Waals surface area contributed by atoms with Gasteiger partial charge in [0.15, 0.2) is 0 Å². The molecule has 0 fully saturated rings. The molecular weight excluding hydrogens is 335 g/mol. The molecular formula is C16H17FN2O4S. The first-order valence-electron chi connectivity index (χ1n) is 7.08. The third kappa shape index (κ3) is 4.09. The fourth-order valence-electron chi connectivity index (χ4n) is 2.09. The molecule has 0 aromatic heterocycles. The third-order valence-corrected chi connectivity index (χ3v) is 4.82. The first kappa shape index (κ1) is 17.9. The molecule has 128 valence electrons. The van der Waals surface area contributed by atoms with Gasteiger partial charge in [-0.05, 0) is 48.9 Å². The Balaban J connectivity index is 2.29. The van der Waals surface area contributed by atoms with Crippen molar-refractivity contribution in [1.82, 2.24) is 5.06 Å². The van der Waals surface area contributed by atoms with Gasteiger partial charge in [0.05, 0.1) is 10.9 Å². The number of hydrogen-bond donors (Lipinski definition) is 2. The maximum atomic E-state index is 12.9. The lowest BCUT2D eigenvalue weighted by Crippen LogP contribution is -2.28. The highest BCUT2D eigenvalue weighted by molar-refractivity contribution is 7.92. The Morgan fingerprint density at radius 1 is 1.21 bits per heavy atom. The van der Waals surface area contributed by atoms with E-state index in [1.165, 1.54) is 37.3 Å². The summed E-state index contributed by atoms with van der Waals surface area (Å²) in [5.74, 6) is -1.03. The lowest BCUT2D eigenvalue weighted by molar-refractivity contribution is -0.172. The van der Waals surface area contributed by atoms with E-state index < -0.39 is 27.8 Å². The van der Waals surface area contributed by atoms with Crippen molar-refractivity contribution in [3.8, 4) is 0 Å². The maximum absolute atomic E-state index is 12.9. The molecule has 0 spiro atoms. The van der Waals surface area contributed by atoms with E-state index in [0.717, 1.165) is 12.1 Å².